The minimum atomic E-state index is -1.22. The van der Waals surface area contributed by atoms with Gasteiger partial charge >= 0.3 is 23.9 Å². The highest BCUT2D eigenvalue weighted by Gasteiger charge is 2.52. The summed E-state index contributed by atoms with van der Waals surface area (Å²) < 4.78 is 33.0. The summed E-state index contributed by atoms with van der Waals surface area (Å²) in [6, 6.07) is 0. The van der Waals surface area contributed by atoms with Gasteiger partial charge in [0.1, 0.15) is 12.7 Å². The smallest absolute Gasteiger partial charge is 0.303 e. The monoisotopic (exact) mass is 545 g/mol. The van der Waals surface area contributed by atoms with Gasteiger partial charge in [0.2, 0.25) is 0 Å². The third kappa shape index (κ3) is 14.2. The number of nitrogens with zero attached hydrogens (tertiary/aromatic N) is 1. The van der Waals surface area contributed by atoms with Crippen molar-refractivity contribution in [1.82, 2.24) is 0 Å². The molecule has 0 N–H and O–H groups in total. The van der Waals surface area contributed by atoms with E-state index in [9.17, 15) is 19.2 Å². The van der Waals surface area contributed by atoms with Gasteiger partial charge in [-0.25, -0.2) is 4.99 Å². The number of hydrogen-bond donors (Lipinski definition) is 0. The molecule has 0 amide bonds. The van der Waals surface area contributed by atoms with Crippen LogP contribution >= 0.6 is 12.2 Å². The minimum Gasteiger partial charge on any atom is -0.463 e. The van der Waals surface area contributed by atoms with Crippen molar-refractivity contribution >= 4 is 41.3 Å². The summed E-state index contributed by atoms with van der Waals surface area (Å²) in [6.45, 7) is 5.51. The number of isothiocyanates is 1. The number of carbonyl (C=O) groups excluding carboxylic acids is 4. The molecule has 1 fully saturated rings. The zero-order chi connectivity index (χ0) is 27.6. The SMILES string of the molecule is CC(=O)OC[C@H]1O[C@H](OCCCCCCCCCCN=C=S)[C@@H](OC(C)=O)[C@@H](OC(C)=O)[C@@H]1OC(C)=O. The van der Waals surface area contributed by atoms with Crippen LogP contribution in [0.15, 0.2) is 4.99 Å². The molecule has 1 saturated heterocycles. The molecule has 0 aromatic heterocycles. The lowest BCUT2D eigenvalue weighted by molar-refractivity contribution is -0.308. The van der Waals surface area contributed by atoms with Gasteiger partial charge in [0.25, 0.3) is 0 Å². The third-order valence-corrected chi connectivity index (χ3v) is 5.59. The molecule has 0 aromatic rings. The van der Waals surface area contributed by atoms with Crippen LogP contribution in [0, 0.1) is 0 Å². The Morgan fingerprint density at radius 1 is 0.730 bits per heavy atom. The molecule has 0 spiro atoms. The topological polar surface area (TPSA) is 136 Å². The lowest BCUT2D eigenvalue weighted by Gasteiger charge is -2.44. The highest BCUT2D eigenvalue weighted by molar-refractivity contribution is 7.78. The van der Waals surface area contributed by atoms with Crippen molar-refractivity contribution in [2.75, 3.05) is 19.8 Å². The molecule has 1 rings (SSSR count). The molecule has 210 valence electrons. The van der Waals surface area contributed by atoms with Gasteiger partial charge in [0, 0.05) is 40.8 Å². The van der Waals surface area contributed by atoms with E-state index in [4.69, 9.17) is 28.4 Å². The molecule has 37 heavy (non-hydrogen) atoms. The average Bonchev–Trinajstić information content (AvgIpc) is 2.81. The maximum Gasteiger partial charge on any atom is 0.303 e. The van der Waals surface area contributed by atoms with Crippen molar-refractivity contribution in [3.8, 4) is 0 Å². The first-order valence-electron chi connectivity index (χ1n) is 12.6. The molecule has 11 nitrogen and oxygen atoms in total. The Morgan fingerprint density at radius 2 is 1.24 bits per heavy atom. The Balaban J connectivity index is 2.73. The highest BCUT2D eigenvalue weighted by Crippen LogP contribution is 2.30. The van der Waals surface area contributed by atoms with Crippen molar-refractivity contribution in [2.24, 2.45) is 4.99 Å². The van der Waals surface area contributed by atoms with Gasteiger partial charge in [-0.05, 0) is 25.1 Å². The van der Waals surface area contributed by atoms with Crippen molar-refractivity contribution < 1.29 is 47.6 Å². The van der Waals surface area contributed by atoms with Crippen molar-refractivity contribution in [3.63, 3.8) is 0 Å². The number of ether oxygens (including phenoxy) is 6. The van der Waals surface area contributed by atoms with E-state index in [-0.39, 0.29) is 6.61 Å². The number of hydrogen-bond acceptors (Lipinski definition) is 12. The molecule has 0 radical (unpaired) electrons. The largest absolute Gasteiger partial charge is 0.463 e. The Labute approximate surface area is 223 Å². The molecule has 12 heteroatoms. The van der Waals surface area contributed by atoms with Gasteiger partial charge in [0.15, 0.2) is 24.6 Å². The summed E-state index contributed by atoms with van der Waals surface area (Å²) in [7, 11) is 0. The first-order chi connectivity index (χ1) is 17.6. The number of unbranched alkanes of at least 4 members (excludes halogenated alkanes) is 7. The molecular formula is C25H39NO10S. The Hall–Kier alpha value is -2.40. The second-order valence-corrected chi connectivity index (χ2v) is 8.92. The van der Waals surface area contributed by atoms with Crippen LogP contribution < -0.4 is 0 Å². The summed E-state index contributed by atoms with van der Waals surface area (Å²) >= 11 is 4.55. The molecule has 0 unspecified atom stereocenters. The molecule has 0 saturated carbocycles. The standard InChI is InChI=1S/C25H39NO10S/c1-17(27)32-15-21-22(33-18(2)28)23(34-19(3)29)24(35-20(4)30)25(36-21)31-14-12-10-8-6-5-7-9-11-13-26-16-37/h21-25H,5-15H2,1-4H3/t21-,22-,23+,24+,25+/m1/s1. The maximum absolute atomic E-state index is 11.8. The van der Waals surface area contributed by atoms with E-state index in [1.807, 2.05) is 0 Å². The highest BCUT2D eigenvalue weighted by atomic mass is 32.1. The summed E-state index contributed by atoms with van der Waals surface area (Å²) in [5, 5.41) is 2.37. The fraction of sp³-hybridized carbons (Fsp3) is 0.800. The number of esters is 4. The van der Waals surface area contributed by atoms with Crippen LogP contribution in [-0.2, 0) is 47.6 Å². The number of aliphatic imine (C=N–C) groups is 1. The van der Waals surface area contributed by atoms with Gasteiger partial charge in [-0.1, -0.05) is 38.5 Å². The van der Waals surface area contributed by atoms with Gasteiger partial charge < -0.3 is 28.4 Å². The van der Waals surface area contributed by atoms with Crippen molar-refractivity contribution in [2.45, 2.75) is 110 Å². The maximum atomic E-state index is 11.8. The number of carbonyl (C=O) groups is 4. The van der Waals surface area contributed by atoms with Crippen LogP contribution in [0.1, 0.15) is 79.1 Å². The van der Waals surface area contributed by atoms with E-state index in [0.29, 0.717) is 6.61 Å². The zero-order valence-electron chi connectivity index (χ0n) is 22.1. The summed E-state index contributed by atoms with van der Waals surface area (Å²) in [5.41, 5.74) is 0. The van der Waals surface area contributed by atoms with Gasteiger partial charge in [-0.15, -0.1) is 0 Å². The van der Waals surface area contributed by atoms with E-state index >= 15 is 0 Å². The van der Waals surface area contributed by atoms with Crippen molar-refractivity contribution in [1.29, 1.82) is 0 Å². The van der Waals surface area contributed by atoms with E-state index in [2.05, 4.69) is 22.4 Å². The summed E-state index contributed by atoms with van der Waals surface area (Å²) in [4.78, 5) is 50.7. The molecule has 1 heterocycles. The van der Waals surface area contributed by atoms with Crippen molar-refractivity contribution in [3.05, 3.63) is 0 Å². The van der Waals surface area contributed by atoms with Crippen LogP contribution in [0.25, 0.3) is 0 Å². The zero-order valence-corrected chi connectivity index (χ0v) is 22.9. The predicted molar refractivity (Wildman–Crippen MR) is 135 cm³/mol. The quantitative estimate of drug-likeness (QED) is 0.0875. The first-order valence-corrected chi connectivity index (χ1v) is 13.0. The molecule has 0 aliphatic carbocycles. The fourth-order valence-electron chi connectivity index (χ4n) is 3.92. The molecule has 1 aliphatic rings. The summed E-state index contributed by atoms with van der Waals surface area (Å²) in [5.74, 6) is -2.59. The summed E-state index contributed by atoms with van der Waals surface area (Å²) in [6.07, 6.45) is 2.49. The van der Waals surface area contributed by atoms with E-state index in [0.717, 1.165) is 57.9 Å². The van der Waals surface area contributed by atoms with Gasteiger partial charge in [0.05, 0.1) is 5.16 Å². The Kier molecular flexibility index (Phi) is 16.6. The van der Waals surface area contributed by atoms with Gasteiger partial charge in [-0.2, -0.15) is 0 Å². The molecule has 0 bridgehead atoms. The molecular weight excluding hydrogens is 506 g/mol. The van der Waals surface area contributed by atoms with Crippen LogP contribution in [0.5, 0.6) is 0 Å². The van der Waals surface area contributed by atoms with Crippen LogP contribution in [0.3, 0.4) is 0 Å². The normalized spacial score (nSPS) is 22.9. The first kappa shape index (κ1) is 32.6. The van der Waals surface area contributed by atoms with Crippen LogP contribution in [-0.4, -0.2) is 79.5 Å². The molecule has 1 aliphatic heterocycles. The Bertz CT molecular complexity index is 785. The lowest BCUT2D eigenvalue weighted by atomic mass is 9.98. The van der Waals surface area contributed by atoms with Gasteiger partial charge in [-0.3, -0.25) is 19.2 Å². The van der Waals surface area contributed by atoms with E-state index in [1.165, 1.54) is 27.7 Å². The van der Waals surface area contributed by atoms with Crippen LogP contribution in [0.4, 0.5) is 0 Å². The Morgan fingerprint density at radius 3 is 1.78 bits per heavy atom. The van der Waals surface area contributed by atoms with E-state index < -0.39 is 54.6 Å². The number of thiocarbonyl (C=S) groups is 1. The minimum absolute atomic E-state index is 0.282. The second-order valence-electron chi connectivity index (χ2n) is 8.74. The second kappa shape index (κ2) is 18.8. The third-order valence-electron chi connectivity index (χ3n) is 5.46. The lowest BCUT2D eigenvalue weighted by Crippen LogP contribution is -2.63. The van der Waals surface area contributed by atoms with Crippen LogP contribution in [0.2, 0.25) is 0 Å². The molecule has 5 atom stereocenters. The fourth-order valence-corrected chi connectivity index (χ4v) is 4.01. The van der Waals surface area contributed by atoms with E-state index in [1.54, 1.807) is 0 Å². The number of rotatable bonds is 17. The predicted octanol–water partition coefficient (Wildman–Crippen LogP) is 3.31. The molecule has 0 aromatic carbocycles. The average molecular weight is 546 g/mol.